The third-order valence-corrected chi connectivity index (χ3v) is 1.44. The van der Waals surface area contributed by atoms with Crippen molar-refractivity contribution in [1.82, 2.24) is 5.32 Å². The maximum Gasteiger partial charge on any atom is 0.137 e. The highest BCUT2D eigenvalue weighted by molar-refractivity contribution is 5.80. The Morgan fingerprint density at radius 3 is 2.45 bits per heavy atom. The van der Waals surface area contributed by atoms with Crippen molar-refractivity contribution < 1.29 is 4.79 Å². The predicted molar refractivity (Wildman–Crippen MR) is 47.3 cm³/mol. The summed E-state index contributed by atoms with van der Waals surface area (Å²) in [5.74, 6) is 0.459. The van der Waals surface area contributed by atoms with E-state index in [9.17, 15) is 4.79 Å². The van der Waals surface area contributed by atoms with Gasteiger partial charge in [0.2, 0.25) is 0 Å². The number of Topliss-reactive ketones (excluding diaryl/α,β-unsaturated/α-hetero) is 1. The van der Waals surface area contributed by atoms with Crippen LogP contribution >= 0.6 is 0 Å². The number of carbonyl (C=O) groups excluding carboxylic acids is 1. The molecule has 11 heavy (non-hydrogen) atoms. The van der Waals surface area contributed by atoms with Gasteiger partial charge in [-0.15, -0.1) is 0 Å². The average Bonchev–Trinajstić information content (AvgIpc) is 1.86. The second-order valence-corrected chi connectivity index (χ2v) is 3.08. The summed E-state index contributed by atoms with van der Waals surface area (Å²) in [6.07, 6.45) is 0.602. The monoisotopic (exact) mass is 155 g/mol. The van der Waals surface area contributed by atoms with Crippen LogP contribution in [-0.4, -0.2) is 12.3 Å². The van der Waals surface area contributed by atoms with E-state index in [1.165, 1.54) is 0 Å². The van der Waals surface area contributed by atoms with Gasteiger partial charge in [-0.25, -0.2) is 0 Å². The van der Waals surface area contributed by atoms with Gasteiger partial charge in [0.15, 0.2) is 0 Å². The van der Waals surface area contributed by atoms with Crippen LogP contribution in [0, 0.1) is 5.92 Å². The molecule has 0 bridgehead atoms. The van der Waals surface area contributed by atoms with Gasteiger partial charge in [0.05, 0.1) is 0 Å². The SMILES string of the molecule is C=C(C)NCCC(=O)C(C)C. The fourth-order valence-corrected chi connectivity index (χ4v) is 0.688. The summed E-state index contributed by atoms with van der Waals surface area (Å²) in [6, 6.07) is 0. The number of ketones is 1. The third kappa shape index (κ3) is 5.64. The standard InChI is InChI=1S/C9H17NO/c1-7(2)9(11)5-6-10-8(3)4/h7,10H,3,5-6H2,1-2,4H3. The number of hydrogen-bond acceptors (Lipinski definition) is 2. The summed E-state index contributed by atoms with van der Waals surface area (Å²) in [6.45, 7) is 10.1. The molecule has 0 aromatic rings. The molecule has 0 spiro atoms. The van der Waals surface area contributed by atoms with Gasteiger partial charge in [-0.2, -0.15) is 0 Å². The van der Waals surface area contributed by atoms with Gasteiger partial charge in [0.1, 0.15) is 5.78 Å². The molecule has 0 aliphatic carbocycles. The smallest absolute Gasteiger partial charge is 0.137 e. The molecule has 0 aromatic carbocycles. The molecule has 0 aliphatic rings. The van der Waals surface area contributed by atoms with Crippen molar-refractivity contribution in [3.05, 3.63) is 12.3 Å². The molecular weight excluding hydrogens is 138 g/mol. The van der Waals surface area contributed by atoms with Crippen molar-refractivity contribution in [1.29, 1.82) is 0 Å². The molecule has 0 heterocycles. The van der Waals surface area contributed by atoms with E-state index in [1.54, 1.807) is 0 Å². The number of hydrogen-bond donors (Lipinski definition) is 1. The Labute approximate surface area is 68.7 Å². The number of carbonyl (C=O) groups is 1. The van der Waals surface area contributed by atoms with Crippen LogP contribution in [0.15, 0.2) is 12.3 Å². The van der Waals surface area contributed by atoms with E-state index in [1.807, 2.05) is 20.8 Å². The van der Waals surface area contributed by atoms with Crippen molar-refractivity contribution in [3.63, 3.8) is 0 Å². The molecule has 1 N–H and O–H groups in total. The van der Waals surface area contributed by atoms with Gasteiger partial charge in [-0.3, -0.25) is 4.79 Å². The van der Waals surface area contributed by atoms with E-state index in [4.69, 9.17) is 0 Å². The van der Waals surface area contributed by atoms with Crippen LogP contribution in [0.5, 0.6) is 0 Å². The summed E-state index contributed by atoms with van der Waals surface area (Å²) in [5.41, 5.74) is 0.918. The third-order valence-electron chi connectivity index (χ3n) is 1.44. The van der Waals surface area contributed by atoms with Crippen molar-refractivity contribution in [2.24, 2.45) is 5.92 Å². The van der Waals surface area contributed by atoms with Crippen LogP contribution in [-0.2, 0) is 4.79 Å². The molecule has 64 valence electrons. The van der Waals surface area contributed by atoms with Gasteiger partial charge in [0.25, 0.3) is 0 Å². The van der Waals surface area contributed by atoms with Gasteiger partial charge in [-0.05, 0) is 6.92 Å². The summed E-state index contributed by atoms with van der Waals surface area (Å²) in [4.78, 5) is 11.1. The van der Waals surface area contributed by atoms with Gasteiger partial charge in [0, 0.05) is 24.6 Å². The van der Waals surface area contributed by atoms with Crippen LogP contribution in [0.4, 0.5) is 0 Å². The quantitative estimate of drug-likeness (QED) is 0.655. The van der Waals surface area contributed by atoms with Gasteiger partial charge >= 0.3 is 0 Å². The first-order valence-corrected chi connectivity index (χ1v) is 3.96. The lowest BCUT2D eigenvalue weighted by atomic mass is 10.1. The lowest BCUT2D eigenvalue weighted by Crippen LogP contribution is -2.18. The number of allylic oxidation sites excluding steroid dienone is 1. The Morgan fingerprint density at radius 1 is 1.55 bits per heavy atom. The first kappa shape index (κ1) is 10.2. The molecule has 0 aromatic heterocycles. The molecule has 0 unspecified atom stereocenters. The topological polar surface area (TPSA) is 29.1 Å². The van der Waals surface area contributed by atoms with E-state index >= 15 is 0 Å². The highest BCUT2D eigenvalue weighted by Gasteiger charge is 2.05. The first-order chi connectivity index (χ1) is 5.04. The number of nitrogens with one attached hydrogen (secondary N) is 1. The number of rotatable bonds is 5. The Balaban J connectivity index is 3.39. The van der Waals surface area contributed by atoms with Gasteiger partial charge < -0.3 is 5.32 Å². The Morgan fingerprint density at radius 2 is 2.09 bits per heavy atom. The van der Waals surface area contributed by atoms with Crippen molar-refractivity contribution in [2.75, 3.05) is 6.54 Å². The van der Waals surface area contributed by atoms with E-state index < -0.39 is 0 Å². The normalized spacial score (nSPS) is 9.82. The molecule has 0 amide bonds. The summed E-state index contributed by atoms with van der Waals surface area (Å²) >= 11 is 0. The largest absolute Gasteiger partial charge is 0.389 e. The van der Waals surface area contributed by atoms with Crippen LogP contribution in [0.1, 0.15) is 27.2 Å². The van der Waals surface area contributed by atoms with Crippen LogP contribution in [0.3, 0.4) is 0 Å². The van der Waals surface area contributed by atoms with Crippen LogP contribution < -0.4 is 5.32 Å². The second-order valence-electron chi connectivity index (χ2n) is 3.08. The fourth-order valence-electron chi connectivity index (χ4n) is 0.688. The van der Waals surface area contributed by atoms with Crippen LogP contribution in [0.25, 0.3) is 0 Å². The average molecular weight is 155 g/mol. The molecule has 0 radical (unpaired) electrons. The summed E-state index contributed by atoms with van der Waals surface area (Å²) in [5, 5.41) is 3.02. The Kier molecular flexibility index (Phi) is 4.59. The molecule has 0 atom stereocenters. The zero-order valence-corrected chi connectivity index (χ0v) is 7.61. The zero-order chi connectivity index (χ0) is 8.85. The van der Waals surface area contributed by atoms with E-state index in [0.29, 0.717) is 18.7 Å². The van der Waals surface area contributed by atoms with E-state index in [-0.39, 0.29) is 5.92 Å². The first-order valence-electron chi connectivity index (χ1n) is 3.96. The minimum Gasteiger partial charge on any atom is -0.389 e. The molecule has 0 fully saturated rings. The molecule has 2 nitrogen and oxygen atoms in total. The highest BCUT2D eigenvalue weighted by Crippen LogP contribution is 1.97. The zero-order valence-electron chi connectivity index (χ0n) is 7.61. The second kappa shape index (κ2) is 4.94. The minimum atomic E-state index is 0.155. The fraction of sp³-hybridized carbons (Fsp3) is 0.667. The van der Waals surface area contributed by atoms with Crippen molar-refractivity contribution >= 4 is 5.78 Å². The lowest BCUT2D eigenvalue weighted by molar-refractivity contribution is -0.121. The van der Waals surface area contributed by atoms with E-state index in [0.717, 1.165) is 5.70 Å². The molecule has 2 heteroatoms. The molecule has 0 saturated heterocycles. The van der Waals surface area contributed by atoms with Gasteiger partial charge in [-0.1, -0.05) is 20.4 Å². The lowest BCUT2D eigenvalue weighted by Gasteiger charge is -2.05. The molecule has 0 aliphatic heterocycles. The Bertz CT molecular complexity index is 150. The van der Waals surface area contributed by atoms with E-state index in [2.05, 4.69) is 11.9 Å². The van der Waals surface area contributed by atoms with Crippen molar-refractivity contribution in [2.45, 2.75) is 27.2 Å². The van der Waals surface area contributed by atoms with Crippen molar-refractivity contribution in [3.8, 4) is 0 Å². The maximum absolute atomic E-state index is 11.1. The molecule has 0 rings (SSSR count). The predicted octanol–water partition coefficient (Wildman–Crippen LogP) is 1.72. The molecule has 0 saturated carbocycles. The molecular formula is C9H17NO. The maximum atomic E-state index is 11.1. The highest BCUT2D eigenvalue weighted by atomic mass is 16.1. The van der Waals surface area contributed by atoms with Crippen LogP contribution in [0.2, 0.25) is 0 Å². The minimum absolute atomic E-state index is 0.155. The summed E-state index contributed by atoms with van der Waals surface area (Å²) < 4.78 is 0. The summed E-state index contributed by atoms with van der Waals surface area (Å²) in [7, 11) is 0. The Hall–Kier alpha value is -0.790.